The number of aliphatic imine (C=N–C) groups is 1. The SMILES string of the molecule is C=C/C=C\C(=C/CF)n1nc(C(F)(F)F)cc1NC(=O)Nc1ccc(OC2=CC(C(O)NC)=NCC2)cc1F. The Balaban J connectivity index is 1.77. The number of carbonyl (C=O) groups is 1. The van der Waals surface area contributed by atoms with Crippen molar-refractivity contribution >= 4 is 28.9 Å². The third kappa shape index (κ3) is 7.85. The summed E-state index contributed by atoms with van der Waals surface area (Å²) in [7, 11) is 1.55. The fourth-order valence-electron chi connectivity index (χ4n) is 3.33. The van der Waals surface area contributed by atoms with Gasteiger partial charge in [-0.3, -0.25) is 15.6 Å². The van der Waals surface area contributed by atoms with E-state index in [0.29, 0.717) is 35.2 Å². The molecule has 0 fully saturated rings. The molecule has 0 spiro atoms. The number of anilines is 2. The number of aromatic nitrogens is 2. The highest BCUT2D eigenvalue weighted by molar-refractivity contribution is 6.00. The molecule has 0 radical (unpaired) electrons. The zero-order chi connectivity index (χ0) is 28.6. The molecule has 14 heteroatoms. The van der Waals surface area contributed by atoms with Crippen LogP contribution in [0.2, 0.25) is 0 Å². The molecule has 1 aliphatic heterocycles. The number of hydrogen-bond acceptors (Lipinski definition) is 6. The Morgan fingerprint density at radius 3 is 2.72 bits per heavy atom. The summed E-state index contributed by atoms with van der Waals surface area (Å²) in [6.07, 6.45) is 0.958. The highest BCUT2D eigenvalue weighted by Crippen LogP contribution is 2.31. The number of rotatable bonds is 10. The van der Waals surface area contributed by atoms with Crippen LogP contribution in [0.5, 0.6) is 5.75 Å². The molecule has 1 aromatic carbocycles. The van der Waals surface area contributed by atoms with Gasteiger partial charge in [-0.1, -0.05) is 18.7 Å². The van der Waals surface area contributed by atoms with Gasteiger partial charge < -0.3 is 15.2 Å². The molecular weight excluding hydrogens is 527 g/mol. The van der Waals surface area contributed by atoms with Gasteiger partial charge in [0, 0.05) is 31.2 Å². The van der Waals surface area contributed by atoms with E-state index in [4.69, 9.17) is 4.74 Å². The predicted molar refractivity (Wildman–Crippen MR) is 137 cm³/mol. The summed E-state index contributed by atoms with van der Waals surface area (Å²) >= 11 is 0. The highest BCUT2D eigenvalue weighted by Gasteiger charge is 2.35. The molecular formula is C25H25F5N6O3. The van der Waals surface area contributed by atoms with E-state index >= 15 is 0 Å². The number of alkyl halides is 4. The van der Waals surface area contributed by atoms with Crippen molar-refractivity contribution in [2.75, 3.05) is 30.9 Å². The number of ether oxygens (including phenoxy) is 1. The van der Waals surface area contributed by atoms with Crippen LogP contribution in [0.15, 0.2) is 72.0 Å². The van der Waals surface area contributed by atoms with Gasteiger partial charge in [0.15, 0.2) is 5.69 Å². The second-order valence-corrected chi connectivity index (χ2v) is 7.88. The Hall–Kier alpha value is -4.30. The first-order chi connectivity index (χ1) is 18.5. The molecule has 3 rings (SSSR count). The van der Waals surface area contributed by atoms with Crippen LogP contribution in [-0.4, -0.2) is 53.1 Å². The van der Waals surface area contributed by atoms with Crippen molar-refractivity contribution in [3.8, 4) is 5.75 Å². The maximum atomic E-state index is 14.7. The topological polar surface area (TPSA) is 113 Å². The van der Waals surface area contributed by atoms with Crippen molar-refractivity contribution in [1.29, 1.82) is 0 Å². The zero-order valence-electron chi connectivity index (χ0n) is 20.6. The van der Waals surface area contributed by atoms with Gasteiger partial charge in [0.2, 0.25) is 0 Å². The average Bonchev–Trinajstić information content (AvgIpc) is 3.32. The molecule has 1 aromatic heterocycles. The molecule has 2 aromatic rings. The summed E-state index contributed by atoms with van der Waals surface area (Å²) in [5.74, 6) is -0.796. The number of aliphatic hydroxyl groups is 1. The van der Waals surface area contributed by atoms with Crippen molar-refractivity contribution in [2.45, 2.75) is 18.8 Å². The average molecular weight is 553 g/mol. The van der Waals surface area contributed by atoms with Crippen LogP contribution in [0.25, 0.3) is 5.70 Å². The van der Waals surface area contributed by atoms with Gasteiger partial charge in [0.1, 0.15) is 36.0 Å². The highest BCUT2D eigenvalue weighted by atomic mass is 19.4. The molecule has 0 saturated heterocycles. The van der Waals surface area contributed by atoms with Crippen LogP contribution in [0.4, 0.5) is 38.3 Å². The maximum absolute atomic E-state index is 14.7. The lowest BCUT2D eigenvalue weighted by Crippen LogP contribution is -2.34. The normalized spacial score (nSPS) is 15.0. The molecule has 1 unspecified atom stereocenters. The number of carbonyl (C=O) groups excluding carboxylic acids is 1. The van der Waals surface area contributed by atoms with Gasteiger partial charge in [-0.2, -0.15) is 18.3 Å². The van der Waals surface area contributed by atoms with E-state index in [2.05, 4.69) is 32.6 Å². The Labute approximate surface area is 220 Å². The van der Waals surface area contributed by atoms with Crippen molar-refractivity contribution in [1.82, 2.24) is 15.1 Å². The third-order valence-corrected chi connectivity index (χ3v) is 5.13. The molecule has 0 aliphatic carbocycles. The number of allylic oxidation sites excluding steroid dienone is 5. The summed E-state index contributed by atoms with van der Waals surface area (Å²) in [5, 5.41) is 20.3. The van der Waals surface area contributed by atoms with Crippen LogP contribution in [0, 0.1) is 5.82 Å². The summed E-state index contributed by atoms with van der Waals surface area (Å²) in [6, 6.07) is 3.05. The first kappa shape index (κ1) is 29.3. The summed E-state index contributed by atoms with van der Waals surface area (Å²) in [6.45, 7) is 2.78. The van der Waals surface area contributed by atoms with Crippen molar-refractivity contribution in [3.63, 3.8) is 0 Å². The van der Waals surface area contributed by atoms with E-state index in [0.717, 1.165) is 12.1 Å². The standard InChI is InChI=1S/C25H25F5N6O3/c1-3-4-5-15(8-10-26)36-22(14-21(35-36)25(28,29)30)34-24(38)33-19-7-6-16(12-18(19)27)39-17-9-11-32-20(13-17)23(37)31-2/h3-8,12-14,23,31,37H,1,9-11H2,2H3,(H2,33,34,38)/b5-4-,15-8+. The molecule has 1 atom stereocenters. The Bertz CT molecular complexity index is 1330. The number of aliphatic hydroxyl groups excluding tert-OH is 1. The Kier molecular flexibility index (Phi) is 9.73. The first-order valence-corrected chi connectivity index (χ1v) is 11.4. The third-order valence-electron chi connectivity index (χ3n) is 5.13. The monoisotopic (exact) mass is 552 g/mol. The fourth-order valence-corrected chi connectivity index (χ4v) is 3.33. The lowest BCUT2D eigenvalue weighted by atomic mass is 10.2. The second kappa shape index (κ2) is 13.0. The van der Waals surface area contributed by atoms with E-state index < -0.39 is 42.4 Å². The molecule has 39 heavy (non-hydrogen) atoms. The van der Waals surface area contributed by atoms with Crippen LogP contribution in [-0.2, 0) is 6.18 Å². The molecule has 2 amide bonds. The quantitative estimate of drug-likeness (QED) is 0.191. The van der Waals surface area contributed by atoms with Crippen molar-refractivity contribution in [2.24, 2.45) is 4.99 Å². The summed E-state index contributed by atoms with van der Waals surface area (Å²) < 4.78 is 73.9. The van der Waals surface area contributed by atoms with Crippen LogP contribution in [0.1, 0.15) is 12.1 Å². The molecule has 0 bridgehead atoms. The summed E-state index contributed by atoms with van der Waals surface area (Å²) in [4.78, 5) is 16.7. The van der Waals surface area contributed by atoms with Gasteiger partial charge >= 0.3 is 12.2 Å². The van der Waals surface area contributed by atoms with E-state index in [1.165, 1.54) is 36.4 Å². The van der Waals surface area contributed by atoms with E-state index in [1.54, 1.807) is 7.05 Å². The van der Waals surface area contributed by atoms with Gasteiger partial charge in [0.05, 0.1) is 17.1 Å². The van der Waals surface area contributed by atoms with Crippen LogP contribution < -0.4 is 20.7 Å². The number of amides is 2. The number of nitrogens with one attached hydrogen (secondary N) is 3. The van der Waals surface area contributed by atoms with Crippen molar-refractivity contribution < 1.29 is 36.6 Å². The van der Waals surface area contributed by atoms with Crippen LogP contribution in [0.3, 0.4) is 0 Å². The van der Waals surface area contributed by atoms with Crippen molar-refractivity contribution in [3.05, 3.63) is 78.5 Å². The van der Waals surface area contributed by atoms with E-state index in [-0.39, 0.29) is 17.1 Å². The lowest BCUT2D eigenvalue weighted by molar-refractivity contribution is -0.141. The number of nitrogens with zero attached hydrogens (tertiary/aromatic N) is 3. The summed E-state index contributed by atoms with van der Waals surface area (Å²) in [5.41, 5.74) is -1.39. The van der Waals surface area contributed by atoms with E-state index in [9.17, 15) is 31.9 Å². The minimum Gasteiger partial charge on any atom is -0.461 e. The molecule has 4 N–H and O–H groups in total. The number of benzene rings is 1. The van der Waals surface area contributed by atoms with Gasteiger partial charge in [-0.25, -0.2) is 18.3 Å². The van der Waals surface area contributed by atoms with E-state index in [1.807, 2.05) is 0 Å². The Morgan fingerprint density at radius 1 is 1.31 bits per heavy atom. The minimum atomic E-state index is -4.85. The maximum Gasteiger partial charge on any atom is 0.435 e. The molecule has 1 aliphatic rings. The minimum absolute atomic E-state index is 0.104. The number of urea groups is 1. The first-order valence-electron chi connectivity index (χ1n) is 11.4. The van der Waals surface area contributed by atoms with Gasteiger partial charge in [-0.15, -0.1) is 0 Å². The molecule has 9 nitrogen and oxygen atoms in total. The Morgan fingerprint density at radius 2 is 2.08 bits per heavy atom. The zero-order valence-corrected chi connectivity index (χ0v) is 20.6. The molecule has 2 heterocycles. The number of hydrogen-bond donors (Lipinski definition) is 4. The van der Waals surface area contributed by atoms with Gasteiger partial charge in [0.25, 0.3) is 0 Å². The molecule has 0 saturated carbocycles. The predicted octanol–water partition coefficient (Wildman–Crippen LogP) is 4.88. The second-order valence-electron chi connectivity index (χ2n) is 7.88. The fraction of sp³-hybridized carbons (Fsp3) is 0.240. The number of dihydropyridines is 1. The molecule has 208 valence electrons. The van der Waals surface area contributed by atoms with Crippen LogP contribution >= 0.6 is 0 Å². The largest absolute Gasteiger partial charge is 0.461 e. The number of halogens is 5. The lowest BCUT2D eigenvalue weighted by Gasteiger charge is -2.17. The smallest absolute Gasteiger partial charge is 0.435 e. The van der Waals surface area contributed by atoms with Gasteiger partial charge in [-0.05, 0) is 31.3 Å².